The molecule has 4 heteroatoms. The Morgan fingerprint density at radius 3 is 2.50 bits per heavy atom. The number of likely N-dealkylation sites (tertiary alicyclic amines) is 2. The maximum atomic E-state index is 9.04. The van der Waals surface area contributed by atoms with Crippen molar-refractivity contribution >= 4 is 0 Å². The number of fused-ring (bicyclic) bond motifs is 2. The van der Waals surface area contributed by atoms with Gasteiger partial charge in [-0.3, -0.25) is 4.90 Å². The molecule has 0 aliphatic carbocycles. The molecule has 4 nitrogen and oxygen atoms in total. The summed E-state index contributed by atoms with van der Waals surface area (Å²) in [7, 11) is 0. The number of piperidine rings is 2. The first-order valence-electron chi connectivity index (χ1n) is 6.91. The van der Waals surface area contributed by atoms with Crippen molar-refractivity contribution in [2.45, 2.75) is 13.0 Å². The highest BCUT2D eigenvalue weighted by Crippen LogP contribution is 2.29. The molecule has 3 heterocycles. The zero-order chi connectivity index (χ0) is 12.4. The van der Waals surface area contributed by atoms with Gasteiger partial charge in [0.1, 0.15) is 5.76 Å². The number of furan rings is 1. The van der Waals surface area contributed by atoms with Crippen LogP contribution in [0.4, 0.5) is 0 Å². The van der Waals surface area contributed by atoms with Gasteiger partial charge in [-0.2, -0.15) is 0 Å². The number of hydrogen-bond donors (Lipinski definition) is 1. The van der Waals surface area contributed by atoms with Crippen LogP contribution in [0.5, 0.6) is 0 Å². The third kappa shape index (κ3) is 2.76. The molecule has 2 aliphatic heterocycles. The number of rotatable bonds is 4. The normalized spacial score (nSPS) is 29.6. The van der Waals surface area contributed by atoms with Gasteiger partial charge in [0.05, 0.1) is 19.4 Å². The second-order valence-corrected chi connectivity index (χ2v) is 5.72. The van der Waals surface area contributed by atoms with Crippen LogP contribution in [-0.2, 0) is 6.54 Å². The van der Waals surface area contributed by atoms with Crippen LogP contribution in [0.3, 0.4) is 0 Å². The van der Waals surface area contributed by atoms with Gasteiger partial charge in [-0.05, 0) is 30.4 Å². The van der Waals surface area contributed by atoms with Crippen LogP contribution < -0.4 is 0 Å². The number of nitrogens with zero attached hydrogens (tertiary/aromatic N) is 2. The van der Waals surface area contributed by atoms with Crippen LogP contribution in [0.15, 0.2) is 22.8 Å². The molecule has 2 atom stereocenters. The predicted molar refractivity (Wildman–Crippen MR) is 69.1 cm³/mol. The largest absolute Gasteiger partial charge is 0.468 e. The fraction of sp³-hybridized carbons (Fsp3) is 0.714. The molecule has 0 radical (unpaired) electrons. The van der Waals surface area contributed by atoms with Gasteiger partial charge in [0.2, 0.25) is 0 Å². The van der Waals surface area contributed by atoms with E-state index in [1.165, 1.54) is 19.5 Å². The van der Waals surface area contributed by atoms with Gasteiger partial charge >= 0.3 is 0 Å². The summed E-state index contributed by atoms with van der Waals surface area (Å²) in [6, 6.07) is 4.02. The molecule has 1 aromatic rings. The SMILES string of the molecule is OCCN1C[C@@H]2C[C@@H](C1)CN(Cc1ccco1)C2. The summed E-state index contributed by atoms with van der Waals surface area (Å²) < 4.78 is 5.43. The molecule has 2 saturated heterocycles. The molecule has 0 unspecified atom stereocenters. The zero-order valence-electron chi connectivity index (χ0n) is 10.8. The number of β-amino-alcohol motifs (C(OH)–C–C–N with tert-alkyl or cyclic N) is 1. The summed E-state index contributed by atoms with van der Waals surface area (Å²) in [6.45, 7) is 6.69. The van der Waals surface area contributed by atoms with E-state index in [0.717, 1.165) is 43.8 Å². The van der Waals surface area contributed by atoms with Gasteiger partial charge in [0.25, 0.3) is 0 Å². The third-order valence-electron chi connectivity index (χ3n) is 4.11. The van der Waals surface area contributed by atoms with E-state index in [9.17, 15) is 0 Å². The van der Waals surface area contributed by atoms with Gasteiger partial charge in [-0.1, -0.05) is 0 Å². The van der Waals surface area contributed by atoms with Crippen molar-refractivity contribution in [3.63, 3.8) is 0 Å². The zero-order valence-corrected chi connectivity index (χ0v) is 10.8. The Morgan fingerprint density at radius 1 is 1.17 bits per heavy atom. The van der Waals surface area contributed by atoms with E-state index in [1.54, 1.807) is 6.26 Å². The van der Waals surface area contributed by atoms with Crippen molar-refractivity contribution in [3.8, 4) is 0 Å². The van der Waals surface area contributed by atoms with E-state index in [4.69, 9.17) is 9.52 Å². The average Bonchev–Trinajstić information content (AvgIpc) is 2.81. The number of aliphatic hydroxyl groups is 1. The predicted octanol–water partition coefficient (Wildman–Crippen LogP) is 1.03. The Hall–Kier alpha value is -0.840. The fourth-order valence-electron chi connectivity index (χ4n) is 3.57. The summed E-state index contributed by atoms with van der Waals surface area (Å²) in [6.07, 6.45) is 3.11. The maximum Gasteiger partial charge on any atom is 0.117 e. The molecule has 1 aromatic heterocycles. The number of aliphatic hydroxyl groups excluding tert-OH is 1. The van der Waals surface area contributed by atoms with Crippen molar-refractivity contribution in [2.24, 2.45) is 11.8 Å². The van der Waals surface area contributed by atoms with Crippen LogP contribution in [0, 0.1) is 11.8 Å². The average molecular weight is 250 g/mol. The van der Waals surface area contributed by atoms with Crippen LogP contribution in [0.1, 0.15) is 12.2 Å². The van der Waals surface area contributed by atoms with Crippen molar-refractivity contribution in [3.05, 3.63) is 24.2 Å². The molecule has 3 rings (SSSR count). The molecule has 2 aliphatic rings. The summed E-state index contributed by atoms with van der Waals surface area (Å²) in [4.78, 5) is 4.94. The Labute approximate surface area is 108 Å². The molecule has 2 fully saturated rings. The Kier molecular flexibility index (Phi) is 3.68. The topological polar surface area (TPSA) is 39.9 Å². The third-order valence-corrected chi connectivity index (χ3v) is 4.11. The minimum atomic E-state index is 0.287. The van der Waals surface area contributed by atoms with E-state index >= 15 is 0 Å². The van der Waals surface area contributed by atoms with Crippen LogP contribution in [0.25, 0.3) is 0 Å². The quantitative estimate of drug-likeness (QED) is 0.866. The lowest BCUT2D eigenvalue weighted by Crippen LogP contribution is -2.52. The summed E-state index contributed by atoms with van der Waals surface area (Å²) in [5, 5.41) is 9.04. The van der Waals surface area contributed by atoms with Crippen molar-refractivity contribution in [1.29, 1.82) is 0 Å². The van der Waals surface area contributed by atoms with E-state index in [2.05, 4.69) is 15.9 Å². The Morgan fingerprint density at radius 2 is 1.89 bits per heavy atom. The van der Waals surface area contributed by atoms with Crippen molar-refractivity contribution in [2.75, 3.05) is 39.3 Å². The molecule has 100 valence electrons. The Bertz CT molecular complexity index is 352. The first-order valence-corrected chi connectivity index (χ1v) is 6.91. The molecule has 0 spiro atoms. The number of hydrogen-bond acceptors (Lipinski definition) is 4. The Balaban J connectivity index is 1.57. The van der Waals surface area contributed by atoms with E-state index in [-0.39, 0.29) is 6.61 Å². The van der Waals surface area contributed by atoms with Crippen LogP contribution >= 0.6 is 0 Å². The van der Waals surface area contributed by atoms with E-state index < -0.39 is 0 Å². The van der Waals surface area contributed by atoms with Crippen molar-refractivity contribution in [1.82, 2.24) is 9.80 Å². The van der Waals surface area contributed by atoms with E-state index in [1.807, 2.05) is 6.07 Å². The molecule has 0 aromatic carbocycles. The van der Waals surface area contributed by atoms with Crippen molar-refractivity contribution < 1.29 is 9.52 Å². The highest BCUT2D eigenvalue weighted by molar-refractivity contribution is 4.99. The summed E-state index contributed by atoms with van der Waals surface area (Å²) >= 11 is 0. The van der Waals surface area contributed by atoms with E-state index in [0.29, 0.717) is 0 Å². The second-order valence-electron chi connectivity index (χ2n) is 5.72. The summed E-state index contributed by atoms with van der Waals surface area (Å²) in [5.74, 6) is 2.60. The van der Waals surface area contributed by atoms with Gasteiger partial charge in [0.15, 0.2) is 0 Å². The van der Waals surface area contributed by atoms with Gasteiger partial charge < -0.3 is 14.4 Å². The van der Waals surface area contributed by atoms with Gasteiger partial charge in [-0.25, -0.2) is 0 Å². The molecule has 1 N–H and O–H groups in total. The van der Waals surface area contributed by atoms with Gasteiger partial charge in [-0.15, -0.1) is 0 Å². The minimum absolute atomic E-state index is 0.287. The smallest absolute Gasteiger partial charge is 0.117 e. The second kappa shape index (κ2) is 5.43. The monoisotopic (exact) mass is 250 g/mol. The molecular weight excluding hydrogens is 228 g/mol. The lowest BCUT2D eigenvalue weighted by atomic mass is 9.84. The first-order chi connectivity index (χ1) is 8.83. The molecular formula is C14H22N2O2. The standard InChI is InChI=1S/C14H22N2O2/c17-4-3-15-7-12-6-13(8-15)10-16(9-12)11-14-2-1-5-18-14/h1-2,5,12-13,17H,3-4,6-11H2/t12-,13-/m0/s1. The molecule has 0 saturated carbocycles. The van der Waals surface area contributed by atoms with Crippen LogP contribution in [-0.4, -0.2) is 54.2 Å². The molecule has 2 bridgehead atoms. The lowest BCUT2D eigenvalue weighted by Gasteiger charge is -2.45. The molecule has 18 heavy (non-hydrogen) atoms. The summed E-state index contributed by atoms with van der Waals surface area (Å²) in [5.41, 5.74) is 0. The highest BCUT2D eigenvalue weighted by atomic mass is 16.3. The minimum Gasteiger partial charge on any atom is -0.468 e. The molecule has 0 amide bonds. The fourth-order valence-corrected chi connectivity index (χ4v) is 3.57. The first kappa shape index (κ1) is 12.2. The highest BCUT2D eigenvalue weighted by Gasteiger charge is 2.33. The van der Waals surface area contributed by atoms with Gasteiger partial charge in [0, 0.05) is 32.7 Å². The maximum absolute atomic E-state index is 9.04. The van der Waals surface area contributed by atoms with Crippen LogP contribution in [0.2, 0.25) is 0 Å². The lowest BCUT2D eigenvalue weighted by molar-refractivity contribution is 0.0188.